The Bertz CT molecular complexity index is 466. The Balaban J connectivity index is 2.11. The van der Waals surface area contributed by atoms with Crippen molar-refractivity contribution in [3.05, 3.63) is 35.9 Å². The molecule has 1 amide bonds. The molecule has 2 rings (SSSR count). The predicted octanol–water partition coefficient (Wildman–Crippen LogP) is -1.13. The first kappa shape index (κ1) is 15.9. The van der Waals surface area contributed by atoms with Gasteiger partial charge in [-0.25, -0.2) is 0 Å². The van der Waals surface area contributed by atoms with Crippen LogP contribution in [0.15, 0.2) is 30.3 Å². The molecular weight excluding hydrogens is 278 g/mol. The van der Waals surface area contributed by atoms with E-state index in [1.807, 2.05) is 0 Å². The lowest BCUT2D eigenvalue weighted by atomic mass is 9.96. The Morgan fingerprint density at radius 1 is 1.29 bits per heavy atom. The van der Waals surface area contributed by atoms with E-state index in [0.717, 1.165) is 0 Å². The number of carbonyl (C=O) groups is 1. The molecule has 1 fully saturated rings. The van der Waals surface area contributed by atoms with Crippen molar-refractivity contribution >= 4 is 5.91 Å². The standard InChI is InChI=1S/C14H19NO6/c1-20-14-10(12(18)11(17)9(7-16)21-14)15-13(19)8-5-3-2-4-6-8/h2-6,9-12,14,16-18H,7H2,1H3,(H,15,19)/t9-,10-,11+,12-,14-/m0/s1. The summed E-state index contributed by atoms with van der Waals surface area (Å²) in [6, 6.07) is 7.52. The Hall–Kier alpha value is -1.51. The van der Waals surface area contributed by atoms with Gasteiger partial charge in [-0.2, -0.15) is 0 Å². The SMILES string of the molecule is CO[C@H]1O[C@@H](CO)[C@@H](O)[C@@H](O)[C@@H]1NC(=O)c1ccccc1. The number of hydrogen-bond acceptors (Lipinski definition) is 6. The zero-order chi connectivity index (χ0) is 15.4. The third-order valence-electron chi connectivity index (χ3n) is 3.45. The second-order valence-corrected chi connectivity index (χ2v) is 4.81. The highest BCUT2D eigenvalue weighted by atomic mass is 16.7. The van der Waals surface area contributed by atoms with Crippen molar-refractivity contribution in [1.29, 1.82) is 0 Å². The maximum Gasteiger partial charge on any atom is 0.251 e. The quantitative estimate of drug-likeness (QED) is 0.560. The summed E-state index contributed by atoms with van der Waals surface area (Å²) in [6.45, 7) is -0.461. The first-order chi connectivity index (χ1) is 10.1. The fourth-order valence-corrected chi connectivity index (χ4v) is 2.26. The van der Waals surface area contributed by atoms with Crippen LogP contribution in [0.25, 0.3) is 0 Å². The second kappa shape index (κ2) is 6.97. The predicted molar refractivity (Wildman–Crippen MR) is 72.5 cm³/mol. The molecule has 1 aromatic carbocycles. The first-order valence-corrected chi connectivity index (χ1v) is 6.59. The normalized spacial score (nSPS) is 32.7. The van der Waals surface area contributed by atoms with Gasteiger partial charge in [-0.3, -0.25) is 4.79 Å². The number of hydrogen-bond donors (Lipinski definition) is 4. The molecule has 1 aliphatic heterocycles. The largest absolute Gasteiger partial charge is 0.394 e. The molecular formula is C14H19NO6. The monoisotopic (exact) mass is 297 g/mol. The van der Waals surface area contributed by atoms with Crippen molar-refractivity contribution < 1.29 is 29.6 Å². The number of ether oxygens (including phenoxy) is 2. The average molecular weight is 297 g/mol. The molecule has 1 saturated heterocycles. The summed E-state index contributed by atoms with van der Waals surface area (Å²) in [5, 5.41) is 31.6. The highest BCUT2D eigenvalue weighted by molar-refractivity contribution is 5.94. The number of amides is 1. The van der Waals surface area contributed by atoms with Gasteiger partial charge in [-0.1, -0.05) is 18.2 Å². The number of carbonyl (C=O) groups excluding carboxylic acids is 1. The van der Waals surface area contributed by atoms with Crippen molar-refractivity contribution in [2.75, 3.05) is 13.7 Å². The average Bonchev–Trinajstić information content (AvgIpc) is 2.53. The zero-order valence-corrected chi connectivity index (χ0v) is 11.5. The lowest BCUT2D eigenvalue weighted by molar-refractivity contribution is -0.261. The smallest absolute Gasteiger partial charge is 0.251 e. The van der Waals surface area contributed by atoms with Crippen LogP contribution < -0.4 is 5.32 Å². The first-order valence-electron chi connectivity index (χ1n) is 6.59. The Kier molecular flexibility index (Phi) is 5.27. The number of benzene rings is 1. The summed E-state index contributed by atoms with van der Waals surface area (Å²) in [7, 11) is 1.35. The van der Waals surface area contributed by atoms with Gasteiger partial charge in [0, 0.05) is 12.7 Å². The topological polar surface area (TPSA) is 108 Å². The number of rotatable bonds is 4. The van der Waals surface area contributed by atoms with E-state index in [1.165, 1.54) is 7.11 Å². The van der Waals surface area contributed by atoms with E-state index in [4.69, 9.17) is 14.6 Å². The summed E-state index contributed by atoms with van der Waals surface area (Å²) < 4.78 is 10.4. The molecule has 0 spiro atoms. The molecule has 116 valence electrons. The molecule has 7 nitrogen and oxygen atoms in total. The van der Waals surface area contributed by atoms with Gasteiger partial charge in [0.25, 0.3) is 5.91 Å². The lowest BCUT2D eigenvalue weighted by Crippen LogP contribution is -2.64. The van der Waals surface area contributed by atoms with Crippen LogP contribution in [0.4, 0.5) is 0 Å². The van der Waals surface area contributed by atoms with Gasteiger partial charge in [0.1, 0.15) is 24.4 Å². The van der Waals surface area contributed by atoms with Gasteiger partial charge < -0.3 is 30.1 Å². The molecule has 0 aliphatic carbocycles. The summed E-state index contributed by atoms with van der Waals surface area (Å²) >= 11 is 0. The van der Waals surface area contributed by atoms with E-state index >= 15 is 0 Å². The fourth-order valence-electron chi connectivity index (χ4n) is 2.26. The summed E-state index contributed by atoms with van der Waals surface area (Å²) in [6.07, 6.45) is -4.56. The molecule has 5 atom stereocenters. The fraction of sp³-hybridized carbons (Fsp3) is 0.500. The van der Waals surface area contributed by atoms with Crippen molar-refractivity contribution in [3.63, 3.8) is 0 Å². The van der Waals surface area contributed by atoms with Gasteiger partial charge >= 0.3 is 0 Å². The molecule has 0 radical (unpaired) electrons. The van der Waals surface area contributed by atoms with Crippen LogP contribution in [0.3, 0.4) is 0 Å². The van der Waals surface area contributed by atoms with Crippen LogP contribution in [0.1, 0.15) is 10.4 Å². The van der Waals surface area contributed by atoms with Gasteiger partial charge in [-0.05, 0) is 12.1 Å². The van der Waals surface area contributed by atoms with E-state index in [0.29, 0.717) is 5.56 Å². The highest BCUT2D eigenvalue weighted by Crippen LogP contribution is 2.22. The third-order valence-corrected chi connectivity index (χ3v) is 3.45. The number of aliphatic hydroxyl groups is 3. The maximum atomic E-state index is 12.1. The van der Waals surface area contributed by atoms with Crippen molar-refractivity contribution in [2.45, 2.75) is 30.6 Å². The van der Waals surface area contributed by atoms with Gasteiger partial charge in [0.15, 0.2) is 6.29 Å². The minimum Gasteiger partial charge on any atom is -0.394 e. The summed E-state index contributed by atoms with van der Waals surface area (Å²) in [5.41, 5.74) is 0.415. The van der Waals surface area contributed by atoms with Crippen molar-refractivity contribution in [3.8, 4) is 0 Å². The third kappa shape index (κ3) is 3.39. The van der Waals surface area contributed by atoms with E-state index in [9.17, 15) is 15.0 Å². The van der Waals surface area contributed by atoms with Crippen LogP contribution in [0.5, 0.6) is 0 Å². The molecule has 1 aromatic rings. The minimum atomic E-state index is -1.32. The molecule has 0 aromatic heterocycles. The lowest BCUT2D eigenvalue weighted by Gasteiger charge is -2.41. The molecule has 4 N–H and O–H groups in total. The van der Waals surface area contributed by atoms with Crippen LogP contribution in [0, 0.1) is 0 Å². The Morgan fingerprint density at radius 3 is 2.52 bits per heavy atom. The zero-order valence-electron chi connectivity index (χ0n) is 11.5. The summed E-state index contributed by atoms with van der Waals surface area (Å²) in [5.74, 6) is -0.417. The number of nitrogens with one attached hydrogen (secondary N) is 1. The molecule has 0 bridgehead atoms. The van der Waals surface area contributed by atoms with Crippen LogP contribution in [-0.4, -0.2) is 65.6 Å². The molecule has 1 aliphatic rings. The van der Waals surface area contributed by atoms with Gasteiger partial charge in [0.2, 0.25) is 0 Å². The number of aliphatic hydroxyl groups excluding tert-OH is 3. The van der Waals surface area contributed by atoms with E-state index in [-0.39, 0.29) is 0 Å². The van der Waals surface area contributed by atoms with Crippen LogP contribution >= 0.6 is 0 Å². The van der Waals surface area contributed by atoms with Gasteiger partial charge in [0.05, 0.1) is 6.61 Å². The van der Waals surface area contributed by atoms with Crippen LogP contribution in [-0.2, 0) is 9.47 Å². The second-order valence-electron chi connectivity index (χ2n) is 4.81. The number of methoxy groups -OCH3 is 1. The minimum absolute atomic E-state index is 0.415. The van der Waals surface area contributed by atoms with Crippen molar-refractivity contribution in [2.24, 2.45) is 0 Å². The molecule has 0 unspecified atom stereocenters. The van der Waals surface area contributed by atoms with Gasteiger partial charge in [-0.15, -0.1) is 0 Å². The van der Waals surface area contributed by atoms with Crippen LogP contribution in [0.2, 0.25) is 0 Å². The van der Waals surface area contributed by atoms with E-state index < -0.39 is 43.2 Å². The van der Waals surface area contributed by atoms with E-state index in [1.54, 1.807) is 30.3 Å². The molecule has 7 heteroatoms. The Labute approximate surface area is 122 Å². The highest BCUT2D eigenvalue weighted by Gasteiger charge is 2.45. The molecule has 1 heterocycles. The van der Waals surface area contributed by atoms with Crippen molar-refractivity contribution in [1.82, 2.24) is 5.32 Å². The van der Waals surface area contributed by atoms with E-state index in [2.05, 4.69) is 5.32 Å². The maximum absolute atomic E-state index is 12.1. The Morgan fingerprint density at radius 2 is 1.95 bits per heavy atom. The molecule has 21 heavy (non-hydrogen) atoms. The molecule has 0 saturated carbocycles. The summed E-state index contributed by atoms with van der Waals surface area (Å²) in [4.78, 5) is 12.1.